The van der Waals surface area contributed by atoms with Gasteiger partial charge in [-0.1, -0.05) is 6.92 Å². The fourth-order valence-corrected chi connectivity index (χ4v) is 2.54. The zero-order chi connectivity index (χ0) is 14.3. The lowest BCUT2D eigenvalue weighted by Gasteiger charge is -2.06. The largest absolute Gasteiger partial charge is 0.479 e. The lowest BCUT2D eigenvalue weighted by Crippen LogP contribution is -2.22. The van der Waals surface area contributed by atoms with Crippen LogP contribution in [0.4, 0.5) is 0 Å². The van der Waals surface area contributed by atoms with Crippen LogP contribution in [0.15, 0.2) is 22.6 Å². The lowest BCUT2D eigenvalue weighted by molar-refractivity contribution is 0.390. The Morgan fingerprint density at radius 2 is 2.20 bits per heavy atom. The maximum atomic E-state index is 5.92. The maximum absolute atomic E-state index is 5.92. The summed E-state index contributed by atoms with van der Waals surface area (Å²) in [7, 11) is 1.63. The molecule has 0 bridgehead atoms. The highest BCUT2D eigenvalue weighted by atomic mass is 16.5. The zero-order valence-corrected chi connectivity index (χ0v) is 12.0. The van der Waals surface area contributed by atoms with E-state index in [1.165, 1.54) is 0 Å². The molecule has 0 spiro atoms. The Morgan fingerprint density at radius 1 is 1.40 bits per heavy atom. The second-order valence-electron chi connectivity index (χ2n) is 5.11. The first-order valence-electron chi connectivity index (χ1n) is 6.85. The number of aryl methyl sites for hydroxylation is 1. The molecular formula is C15H19N3O2. The summed E-state index contributed by atoms with van der Waals surface area (Å²) in [6.07, 6.45) is 0.870. The molecule has 0 aliphatic rings. The van der Waals surface area contributed by atoms with Crippen molar-refractivity contribution >= 4 is 21.9 Å². The predicted octanol–water partition coefficient (Wildman–Crippen LogP) is 2.70. The summed E-state index contributed by atoms with van der Waals surface area (Å²) in [5.74, 6) is 1.60. The monoisotopic (exact) mass is 273 g/mol. The number of benzene rings is 1. The molecule has 2 heterocycles. The minimum Gasteiger partial charge on any atom is -0.479 e. The van der Waals surface area contributed by atoms with Crippen LogP contribution in [0.1, 0.15) is 19.6 Å². The van der Waals surface area contributed by atoms with Crippen molar-refractivity contribution in [2.24, 2.45) is 5.73 Å². The van der Waals surface area contributed by atoms with Gasteiger partial charge in [-0.25, -0.2) is 0 Å². The number of ether oxygens (including phenoxy) is 1. The standard InChI is InChI=1S/C15H19N3O2/c1-4-10-7-12-13(20-10)6-5-11-14(12)18(8-9(2)16)17-15(11)19-3/h5-7,9H,4,8,16H2,1-3H3/t9-/m0/s1. The van der Waals surface area contributed by atoms with Gasteiger partial charge in [0.25, 0.3) is 0 Å². The number of aromatic nitrogens is 2. The third-order valence-corrected chi connectivity index (χ3v) is 3.43. The van der Waals surface area contributed by atoms with Crippen molar-refractivity contribution in [2.45, 2.75) is 32.9 Å². The molecule has 0 aliphatic carbocycles. The molecule has 5 heteroatoms. The van der Waals surface area contributed by atoms with Crippen molar-refractivity contribution in [3.8, 4) is 5.88 Å². The molecule has 106 valence electrons. The molecule has 20 heavy (non-hydrogen) atoms. The van der Waals surface area contributed by atoms with E-state index in [0.29, 0.717) is 12.4 Å². The molecule has 2 N–H and O–H groups in total. The first kappa shape index (κ1) is 13.0. The average molecular weight is 273 g/mol. The fourth-order valence-electron chi connectivity index (χ4n) is 2.54. The van der Waals surface area contributed by atoms with Crippen LogP contribution in [-0.4, -0.2) is 22.9 Å². The van der Waals surface area contributed by atoms with Crippen LogP contribution in [-0.2, 0) is 13.0 Å². The molecule has 0 fully saturated rings. The molecule has 0 radical (unpaired) electrons. The van der Waals surface area contributed by atoms with Gasteiger partial charge in [0.1, 0.15) is 11.3 Å². The normalized spacial score (nSPS) is 13.2. The molecule has 0 amide bonds. The zero-order valence-electron chi connectivity index (χ0n) is 12.0. The van der Waals surface area contributed by atoms with E-state index in [1.807, 2.05) is 23.7 Å². The molecule has 2 aromatic heterocycles. The van der Waals surface area contributed by atoms with E-state index in [-0.39, 0.29) is 6.04 Å². The SMILES string of the molecule is CCc1cc2c(ccc3c(OC)nn(C[C@H](C)N)c32)o1. The molecule has 3 aromatic rings. The van der Waals surface area contributed by atoms with E-state index in [0.717, 1.165) is 34.1 Å². The van der Waals surface area contributed by atoms with Gasteiger partial charge in [0.15, 0.2) is 0 Å². The van der Waals surface area contributed by atoms with Crippen LogP contribution in [0.3, 0.4) is 0 Å². The number of hydrogen-bond acceptors (Lipinski definition) is 4. The minimum atomic E-state index is 0.0237. The third kappa shape index (κ3) is 1.94. The van der Waals surface area contributed by atoms with Crippen molar-refractivity contribution in [1.29, 1.82) is 0 Å². The smallest absolute Gasteiger partial charge is 0.240 e. The minimum absolute atomic E-state index is 0.0237. The summed E-state index contributed by atoms with van der Waals surface area (Å²) in [5.41, 5.74) is 7.82. The van der Waals surface area contributed by atoms with Crippen molar-refractivity contribution in [2.75, 3.05) is 7.11 Å². The first-order chi connectivity index (χ1) is 9.63. The molecule has 0 saturated carbocycles. The number of fused-ring (bicyclic) bond motifs is 3. The molecule has 0 saturated heterocycles. The lowest BCUT2D eigenvalue weighted by atomic mass is 10.1. The van der Waals surface area contributed by atoms with Gasteiger partial charge in [0.05, 0.1) is 24.6 Å². The van der Waals surface area contributed by atoms with Gasteiger partial charge in [-0.15, -0.1) is 5.10 Å². The van der Waals surface area contributed by atoms with Gasteiger partial charge < -0.3 is 14.9 Å². The van der Waals surface area contributed by atoms with Crippen molar-refractivity contribution in [1.82, 2.24) is 9.78 Å². The predicted molar refractivity (Wildman–Crippen MR) is 79.1 cm³/mol. The van der Waals surface area contributed by atoms with E-state index in [4.69, 9.17) is 14.9 Å². The Labute approximate surface area is 117 Å². The topological polar surface area (TPSA) is 66.2 Å². The summed E-state index contributed by atoms with van der Waals surface area (Å²) in [6, 6.07) is 6.06. The van der Waals surface area contributed by atoms with Crippen LogP contribution < -0.4 is 10.5 Å². The van der Waals surface area contributed by atoms with Crippen LogP contribution >= 0.6 is 0 Å². The second kappa shape index (κ2) is 4.83. The fraction of sp³-hybridized carbons (Fsp3) is 0.400. The van der Waals surface area contributed by atoms with Crippen LogP contribution in [0.2, 0.25) is 0 Å². The Bertz CT molecular complexity index is 755. The summed E-state index contributed by atoms with van der Waals surface area (Å²) in [5, 5.41) is 6.56. The number of hydrogen-bond donors (Lipinski definition) is 1. The van der Waals surface area contributed by atoms with Crippen molar-refractivity contribution in [3.63, 3.8) is 0 Å². The number of nitrogens with zero attached hydrogens (tertiary/aromatic N) is 2. The second-order valence-corrected chi connectivity index (χ2v) is 5.11. The summed E-state index contributed by atoms with van der Waals surface area (Å²) < 4.78 is 13.1. The number of furan rings is 1. The van der Waals surface area contributed by atoms with Crippen molar-refractivity contribution in [3.05, 3.63) is 24.0 Å². The van der Waals surface area contributed by atoms with Crippen LogP contribution in [0.5, 0.6) is 5.88 Å². The highest BCUT2D eigenvalue weighted by molar-refractivity contribution is 6.05. The van der Waals surface area contributed by atoms with Gasteiger partial charge in [-0.2, -0.15) is 0 Å². The highest BCUT2D eigenvalue weighted by Crippen LogP contribution is 2.33. The number of methoxy groups -OCH3 is 1. The highest BCUT2D eigenvalue weighted by Gasteiger charge is 2.17. The summed E-state index contributed by atoms with van der Waals surface area (Å²) >= 11 is 0. The van der Waals surface area contributed by atoms with Crippen molar-refractivity contribution < 1.29 is 9.15 Å². The molecular weight excluding hydrogens is 254 g/mol. The Hall–Kier alpha value is -2.01. The maximum Gasteiger partial charge on any atom is 0.240 e. The molecule has 0 unspecified atom stereocenters. The van der Waals surface area contributed by atoms with Crippen LogP contribution in [0.25, 0.3) is 21.9 Å². The van der Waals surface area contributed by atoms with Gasteiger partial charge >= 0.3 is 0 Å². The summed E-state index contributed by atoms with van der Waals surface area (Å²) in [4.78, 5) is 0. The third-order valence-electron chi connectivity index (χ3n) is 3.43. The number of nitrogens with two attached hydrogens (primary N) is 1. The van der Waals surface area contributed by atoms with E-state index in [9.17, 15) is 0 Å². The molecule has 5 nitrogen and oxygen atoms in total. The summed E-state index contributed by atoms with van der Waals surface area (Å²) in [6.45, 7) is 4.69. The van der Waals surface area contributed by atoms with Gasteiger partial charge in [0, 0.05) is 17.8 Å². The molecule has 1 aromatic carbocycles. The Morgan fingerprint density at radius 3 is 2.85 bits per heavy atom. The van der Waals surface area contributed by atoms with E-state index < -0.39 is 0 Å². The van der Waals surface area contributed by atoms with Gasteiger partial charge in [0.2, 0.25) is 5.88 Å². The Kier molecular flexibility index (Phi) is 3.14. The van der Waals surface area contributed by atoms with Gasteiger partial charge in [-0.05, 0) is 25.1 Å². The van der Waals surface area contributed by atoms with E-state index in [1.54, 1.807) is 7.11 Å². The van der Waals surface area contributed by atoms with E-state index in [2.05, 4.69) is 18.1 Å². The van der Waals surface area contributed by atoms with Gasteiger partial charge in [-0.3, -0.25) is 4.68 Å². The quantitative estimate of drug-likeness (QED) is 0.793. The molecule has 3 rings (SSSR count). The number of rotatable bonds is 4. The van der Waals surface area contributed by atoms with Crippen LogP contribution in [0, 0.1) is 0 Å². The Balaban J connectivity index is 2.33. The van der Waals surface area contributed by atoms with E-state index >= 15 is 0 Å². The first-order valence-corrected chi connectivity index (χ1v) is 6.85. The molecule has 1 atom stereocenters. The molecule has 0 aliphatic heterocycles. The average Bonchev–Trinajstić information content (AvgIpc) is 2.98.